The molecular formula is C20H21N5O3. The maximum atomic E-state index is 12.7. The molecule has 2 aromatic heterocycles. The molecule has 4 rings (SSSR count). The minimum absolute atomic E-state index is 0.0147. The number of carbonyl (C=O) groups is 1. The molecule has 0 radical (unpaired) electrons. The van der Waals surface area contributed by atoms with Gasteiger partial charge in [-0.25, -0.2) is 9.97 Å². The zero-order valence-corrected chi connectivity index (χ0v) is 15.6. The summed E-state index contributed by atoms with van der Waals surface area (Å²) in [5.41, 5.74) is 1.25. The van der Waals surface area contributed by atoms with Crippen molar-refractivity contribution in [2.75, 3.05) is 38.2 Å². The SMILES string of the molecule is COc1ccc(N2CCN(C(=O)Cn3cnc4ncccc4c3=O)CC2)cc1. The second kappa shape index (κ2) is 7.67. The van der Waals surface area contributed by atoms with Crippen LogP contribution in [0.25, 0.3) is 11.0 Å². The summed E-state index contributed by atoms with van der Waals surface area (Å²) >= 11 is 0. The molecule has 0 N–H and O–H groups in total. The Morgan fingerprint density at radius 2 is 1.82 bits per heavy atom. The van der Waals surface area contributed by atoms with Gasteiger partial charge in [0, 0.05) is 38.1 Å². The molecule has 28 heavy (non-hydrogen) atoms. The van der Waals surface area contributed by atoms with Gasteiger partial charge in [0.05, 0.1) is 12.5 Å². The van der Waals surface area contributed by atoms with Gasteiger partial charge in [-0.1, -0.05) is 0 Å². The molecule has 0 aliphatic carbocycles. The van der Waals surface area contributed by atoms with E-state index < -0.39 is 0 Å². The number of hydrogen-bond donors (Lipinski definition) is 0. The summed E-state index contributed by atoms with van der Waals surface area (Å²) in [4.78, 5) is 37.5. The van der Waals surface area contributed by atoms with Crippen LogP contribution in [0.15, 0.2) is 53.7 Å². The molecule has 8 heteroatoms. The van der Waals surface area contributed by atoms with E-state index in [1.165, 1.54) is 10.9 Å². The molecule has 144 valence electrons. The fraction of sp³-hybridized carbons (Fsp3) is 0.300. The molecule has 0 atom stereocenters. The normalized spacial score (nSPS) is 14.3. The minimum Gasteiger partial charge on any atom is -0.497 e. The number of methoxy groups -OCH3 is 1. The zero-order chi connectivity index (χ0) is 19.5. The molecule has 1 saturated heterocycles. The van der Waals surface area contributed by atoms with Gasteiger partial charge in [0.25, 0.3) is 5.56 Å². The first-order valence-corrected chi connectivity index (χ1v) is 9.12. The number of hydrogen-bond acceptors (Lipinski definition) is 6. The third-order valence-corrected chi connectivity index (χ3v) is 4.97. The average molecular weight is 379 g/mol. The monoisotopic (exact) mass is 379 g/mol. The van der Waals surface area contributed by atoms with Crippen molar-refractivity contribution in [3.8, 4) is 5.75 Å². The smallest absolute Gasteiger partial charge is 0.263 e. The van der Waals surface area contributed by atoms with E-state index in [9.17, 15) is 9.59 Å². The Morgan fingerprint density at radius 1 is 1.07 bits per heavy atom. The molecule has 1 fully saturated rings. The Labute approximate surface area is 162 Å². The summed E-state index contributed by atoms with van der Waals surface area (Å²) in [7, 11) is 1.65. The summed E-state index contributed by atoms with van der Waals surface area (Å²) in [6, 6.07) is 11.3. The Kier molecular flexibility index (Phi) is 4.92. The predicted octanol–water partition coefficient (Wildman–Crippen LogP) is 1.15. The van der Waals surface area contributed by atoms with Crippen LogP contribution in [0.2, 0.25) is 0 Å². The lowest BCUT2D eigenvalue weighted by Gasteiger charge is -2.36. The zero-order valence-electron chi connectivity index (χ0n) is 15.6. The highest BCUT2D eigenvalue weighted by atomic mass is 16.5. The van der Waals surface area contributed by atoms with E-state index in [1.54, 1.807) is 30.3 Å². The van der Waals surface area contributed by atoms with Gasteiger partial charge < -0.3 is 14.5 Å². The first-order valence-electron chi connectivity index (χ1n) is 9.12. The number of amides is 1. The molecule has 3 heterocycles. The lowest BCUT2D eigenvalue weighted by molar-refractivity contribution is -0.132. The highest BCUT2D eigenvalue weighted by Crippen LogP contribution is 2.20. The molecular weight excluding hydrogens is 358 g/mol. The summed E-state index contributed by atoms with van der Waals surface area (Å²) in [5.74, 6) is 0.740. The van der Waals surface area contributed by atoms with Crippen molar-refractivity contribution in [1.82, 2.24) is 19.4 Å². The predicted molar refractivity (Wildman–Crippen MR) is 106 cm³/mol. The Hall–Kier alpha value is -3.42. The van der Waals surface area contributed by atoms with E-state index in [0.29, 0.717) is 24.1 Å². The lowest BCUT2D eigenvalue weighted by Crippen LogP contribution is -2.50. The standard InChI is InChI=1S/C20H21N5O3/c1-28-16-6-4-15(5-7-16)23-9-11-24(12-10-23)18(26)13-25-14-22-19-17(20(25)27)3-2-8-21-19/h2-8,14H,9-13H2,1H3. The topological polar surface area (TPSA) is 80.6 Å². The van der Waals surface area contributed by atoms with Crippen LogP contribution in [-0.2, 0) is 11.3 Å². The van der Waals surface area contributed by atoms with Crippen molar-refractivity contribution in [1.29, 1.82) is 0 Å². The van der Waals surface area contributed by atoms with Crippen molar-refractivity contribution in [3.63, 3.8) is 0 Å². The number of fused-ring (bicyclic) bond motifs is 1. The maximum Gasteiger partial charge on any atom is 0.263 e. The molecule has 0 unspecified atom stereocenters. The van der Waals surface area contributed by atoms with E-state index in [2.05, 4.69) is 14.9 Å². The van der Waals surface area contributed by atoms with E-state index in [1.807, 2.05) is 24.3 Å². The largest absolute Gasteiger partial charge is 0.497 e. The number of aromatic nitrogens is 3. The van der Waals surface area contributed by atoms with Crippen LogP contribution in [0.1, 0.15) is 0 Å². The third-order valence-electron chi connectivity index (χ3n) is 4.97. The molecule has 1 aromatic carbocycles. The van der Waals surface area contributed by atoms with E-state index in [0.717, 1.165) is 24.5 Å². The second-order valence-corrected chi connectivity index (χ2v) is 6.62. The van der Waals surface area contributed by atoms with Crippen LogP contribution in [0.4, 0.5) is 5.69 Å². The van der Waals surface area contributed by atoms with E-state index >= 15 is 0 Å². The minimum atomic E-state index is -0.247. The maximum absolute atomic E-state index is 12.7. The molecule has 1 amide bonds. The number of anilines is 1. The van der Waals surface area contributed by atoms with Crippen molar-refractivity contribution in [2.24, 2.45) is 0 Å². The summed E-state index contributed by atoms with van der Waals surface area (Å²) in [6.07, 6.45) is 2.98. The van der Waals surface area contributed by atoms with Gasteiger partial charge in [-0.3, -0.25) is 14.2 Å². The number of piperazine rings is 1. The van der Waals surface area contributed by atoms with Gasteiger partial charge in [-0.2, -0.15) is 0 Å². The second-order valence-electron chi connectivity index (χ2n) is 6.62. The van der Waals surface area contributed by atoms with Crippen molar-refractivity contribution < 1.29 is 9.53 Å². The number of ether oxygens (including phenoxy) is 1. The number of nitrogens with zero attached hydrogens (tertiary/aromatic N) is 5. The lowest BCUT2D eigenvalue weighted by atomic mass is 10.2. The van der Waals surface area contributed by atoms with Gasteiger partial charge >= 0.3 is 0 Å². The van der Waals surface area contributed by atoms with Crippen molar-refractivity contribution in [2.45, 2.75) is 6.54 Å². The van der Waals surface area contributed by atoms with Crippen molar-refractivity contribution in [3.05, 3.63) is 59.3 Å². The summed E-state index contributed by atoms with van der Waals surface area (Å²) in [6.45, 7) is 2.70. The number of rotatable bonds is 4. The van der Waals surface area contributed by atoms with Gasteiger partial charge in [-0.15, -0.1) is 0 Å². The van der Waals surface area contributed by atoms with Gasteiger partial charge in [0.1, 0.15) is 18.6 Å². The van der Waals surface area contributed by atoms with Crippen LogP contribution in [0.5, 0.6) is 5.75 Å². The van der Waals surface area contributed by atoms with Gasteiger partial charge in [0.2, 0.25) is 5.91 Å². The third kappa shape index (κ3) is 3.53. The fourth-order valence-corrected chi connectivity index (χ4v) is 3.36. The molecule has 0 saturated carbocycles. The quantitative estimate of drug-likeness (QED) is 0.677. The number of pyridine rings is 1. The van der Waals surface area contributed by atoms with Crippen LogP contribution < -0.4 is 15.2 Å². The molecule has 1 aliphatic heterocycles. The molecule has 0 spiro atoms. The first-order chi connectivity index (χ1) is 13.7. The van der Waals surface area contributed by atoms with Crippen LogP contribution in [0.3, 0.4) is 0 Å². The van der Waals surface area contributed by atoms with Crippen LogP contribution in [-0.4, -0.2) is 58.6 Å². The Morgan fingerprint density at radius 3 is 2.54 bits per heavy atom. The fourth-order valence-electron chi connectivity index (χ4n) is 3.36. The number of benzene rings is 1. The van der Waals surface area contributed by atoms with E-state index in [4.69, 9.17) is 4.74 Å². The summed E-state index contributed by atoms with van der Waals surface area (Å²) < 4.78 is 6.54. The molecule has 1 aliphatic rings. The van der Waals surface area contributed by atoms with Crippen LogP contribution >= 0.6 is 0 Å². The molecule has 0 bridgehead atoms. The number of carbonyl (C=O) groups excluding carboxylic acids is 1. The average Bonchev–Trinajstić information content (AvgIpc) is 2.76. The van der Waals surface area contributed by atoms with Gasteiger partial charge in [-0.05, 0) is 36.4 Å². The Bertz CT molecular complexity index is 1040. The highest BCUT2D eigenvalue weighted by molar-refractivity contribution is 5.77. The van der Waals surface area contributed by atoms with Gasteiger partial charge in [0.15, 0.2) is 5.65 Å². The highest BCUT2D eigenvalue weighted by Gasteiger charge is 2.22. The molecule has 3 aromatic rings. The molecule has 8 nitrogen and oxygen atoms in total. The van der Waals surface area contributed by atoms with E-state index in [-0.39, 0.29) is 18.0 Å². The van der Waals surface area contributed by atoms with Crippen LogP contribution in [0, 0.1) is 0 Å². The van der Waals surface area contributed by atoms with Crippen molar-refractivity contribution >= 4 is 22.6 Å². The first kappa shape index (κ1) is 18.0. The Balaban J connectivity index is 1.40. The summed E-state index contributed by atoms with van der Waals surface area (Å²) in [5, 5.41) is 0.419.